The number of thiophene rings is 1. The second kappa shape index (κ2) is 5.70. The summed E-state index contributed by atoms with van der Waals surface area (Å²) in [6, 6.07) is 5.29. The fourth-order valence-electron chi connectivity index (χ4n) is 1.24. The van der Waals surface area contributed by atoms with E-state index in [4.69, 9.17) is 11.6 Å². The fourth-order valence-corrected chi connectivity index (χ4v) is 2.26. The van der Waals surface area contributed by atoms with Crippen LogP contribution in [0.5, 0.6) is 0 Å². The van der Waals surface area contributed by atoms with E-state index in [1.54, 1.807) is 12.3 Å². The average molecular weight is 271 g/mol. The molecule has 2 aromatic rings. The summed E-state index contributed by atoms with van der Waals surface area (Å²) in [7, 11) is 0. The lowest BCUT2D eigenvalue weighted by molar-refractivity contribution is 0.240. The molecule has 2 aromatic heterocycles. The molecule has 90 valence electrons. The van der Waals surface area contributed by atoms with Gasteiger partial charge in [0.1, 0.15) is 0 Å². The fraction of sp³-hybridized carbons (Fsp3) is 0.200. The molecule has 3 N–H and O–H groups in total. The molecule has 0 fully saturated rings. The summed E-state index contributed by atoms with van der Waals surface area (Å²) in [5.74, 6) is 0. The Morgan fingerprint density at radius 2 is 2.18 bits per heavy atom. The molecule has 0 bridgehead atoms. The van der Waals surface area contributed by atoms with Crippen molar-refractivity contribution in [3.63, 3.8) is 0 Å². The van der Waals surface area contributed by atoms with Crippen molar-refractivity contribution in [1.29, 1.82) is 0 Å². The van der Waals surface area contributed by atoms with E-state index in [0.29, 0.717) is 13.1 Å². The van der Waals surface area contributed by atoms with Crippen LogP contribution in [0, 0.1) is 0 Å². The Kier molecular flexibility index (Phi) is 4.00. The maximum Gasteiger partial charge on any atom is 0.315 e. The second-order valence-corrected chi connectivity index (χ2v) is 5.12. The van der Waals surface area contributed by atoms with E-state index in [1.807, 2.05) is 12.1 Å². The van der Waals surface area contributed by atoms with Crippen molar-refractivity contribution in [2.45, 2.75) is 13.1 Å². The van der Waals surface area contributed by atoms with Gasteiger partial charge in [0, 0.05) is 11.1 Å². The van der Waals surface area contributed by atoms with Crippen LogP contribution < -0.4 is 10.6 Å². The molecule has 5 nitrogen and oxygen atoms in total. The summed E-state index contributed by atoms with van der Waals surface area (Å²) in [5.41, 5.74) is 0.860. The molecule has 17 heavy (non-hydrogen) atoms. The van der Waals surface area contributed by atoms with Gasteiger partial charge in [-0.25, -0.2) is 4.79 Å². The van der Waals surface area contributed by atoms with E-state index in [9.17, 15) is 4.79 Å². The van der Waals surface area contributed by atoms with Crippen LogP contribution in [0.4, 0.5) is 4.79 Å². The van der Waals surface area contributed by atoms with E-state index >= 15 is 0 Å². The van der Waals surface area contributed by atoms with Crippen LogP contribution in [-0.2, 0) is 13.1 Å². The number of rotatable bonds is 4. The third kappa shape index (κ3) is 3.76. The third-order valence-electron chi connectivity index (χ3n) is 2.05. The molecule has 0 saturated carbocycles. The highest BCUT2D eigenvalue weighted by Crippen LogP contribution is 2.20. The Morgan fingerprint density at radius 1 is 1.35 bits per heavy atom. The number of aromatic nitrogens is 2. The van der Waals surface area contributed by atoms with Gasteiger partial charge in [-0.15, -0.1) is 11.3 Å². The molecule has 2 amide bonds. The molecule has 0 unspecified atom stereocenters. The van der Waals surface area contributed by atoms with Crippen molar-refractivity contribution < 1.29 is 4.79 Å². The van der Waals surface area contributed by atoms with Gasteiger partial charge in [-0.3, -0.25) is 5.10 Å². The summed E-state index contributed by atoms with van der Waals surface area (Å²) >= 11 is 7.24. The van der Waals surface area contributed by atoms with E-state index < -0.39 is 0 Å². The van der Waals surface area contributed by atoms with Crippen molar-refractivity contribution in [3.05, 3.63) is 39.3 Å². The van der Waals surface area contributed by atoms with E-state index in [2.05, 4.69) is 20.8 Å². The Balaban J connectivity index is 1.71. The van der Waals surface area contributed by atoms with Crippen molar-refractivity contribution >= 4 is 29.0 Å². The Morgan fingerprint density at radius 3 is 2.82 bits per heavy atom. The topological polar surface area (TPSA) is 69.8 Å². The quantitative estimate of drug-likeness (QED) is 0.796. The summed E-state index contributed by atoms with van der Waals surface area (Å²) in [4.78, 5) is 12.5. The first kappa shape index (κ1) is 11.9. The lowest BCUT2D eigenvalue weighted by Crippen LogP contribution is -2.34. The normalized spacial score (nSPS) is 10.2. The lowest BCUT2D eigenvalue weighted by Gasteiger charge is -2.05. The van der Waals surface area contributed by atoms with Gasteiger partial charge >= 0.3 is 6.03 Å². The number of amides is 2. The minimum absolute atomic E-state index is 0.218. The van der Waals surface area contributed by atoms with E-state index in [0.717, 1.165) is 14.9 Å². The number of hydrogen-bond donors (Lipinski definition) is 3. The SMILES string of the molecule is O=C(NCc1ccn[nH]1)NCc1ccc(Cl)s1. The first-order chi connectivity index (χ1) is 8.24. The zero-order chi connectivity index (χ0) is 12.1. The minimum atomic E-state index is -0.218. The maximum atomic E-state index is 11.4. The Labute approximate surface area is 107 Å². The molecule has 0 radical (unpaired) electrons. The monoisotopic (exact) mass is 270 g/mol. The Hall–Kier alpha value is -1.53. The smallest absolute Gasteiger partial charge is 0.315 e. The number of nitrogens with one attached hydrogen (secondary N) is 3. The van der Waals surface area contributed by atoms with Gasteiger partial charge in [0.05, 0.1) is 23.1 Å². The van der Waals surface area contributed by atoms with Crippen LogP contribution in [0.3, 0.4) is 0 Å². The number of aromatic amines is 1. The highest BCUT2D eigenvalue weighted by molar-refractivity contribution is 7.16. The van der Waals surface area contributed by atoms with E-state index in [-0.39, 0.29) is 6.03 Å². The van der Waals surface area contributed by atoms with E-state index in [1.165, 1.54) is 11.3 Å². The third-order valence-corrected chi connectivity index (χ3v) is 3.28. The molecule has 0 saturated heterocycles. The Bertz CT molecular complexity index is 482. The largest absolute Gasteiger partial charge is 0.333 e. The van der Waals surface area contributed by atoms with Gasteiger partial charge in [-0.1, -0.05) is 11.6 Å². The highest BCUT2D eigenvalue weighted by Gasteiger charge is 2.02. The van der Waals surface area contributed by atoms with Gasteiger partial charge in [0.2, 0.25) is 0 Å². The molecule has 2 heterocycles. The maximum absolute atomic E-state index is 11.4. The molecule has 7 heteroatoms. The van der Waals surface area contributed by atoms with Gasteiger partial charge in [-0.2, -0.15) is 5.10 Å². The molecule has 2 rings (SSSR count). The summed E-state index contributed by atoms with van der Waals surface area (Å²) in [6.45, 7) is 0.906. The van der Waals surface area contributed by atoms with Crippen molar-refractivity contribution in [3.8, 4) is 0 Å². The lowest BCUT2D eigenvalue weighted by atomic mass is 10.4. The predicted octanol–water partition coefficient (Wildman–Crippen LogP) is 2.12. The number of carbonyl (C=O) groups is 1. The van der Waals surface area contributed by atoms with Crippen LogP contribution >= 0.6 is 22.9 Å². The second-order valence-electron chi connectivity index (χ2n) is 3.32. The molecule has 0 atom stereocenters. The van der Waals surface area contributed by atoms with Gasteiger partial charge in [0.25, 0.3) is 0 Å². The summed E-state index contributed by atoms with van der Waals surface area (Å²) in [6.07, 6.45) is 1.64. The molecular formula is C10H11ClN4OS. The number of halogens is 1. The number of H-pyrrole nitrogens is 1. The first-order valence-corrected chi connectivity index (χ1v) is 6.17. The van der Waals surface area contributed by atoms with Gasteiger partial charge in [-0.05, 0) is 18.2 Å². The minimum Gasteiger partial charge on any atom is -0.333 e. The van der Waals surface area contributed by atoms with Crippen LogP contribution in [0.15, 0.2) is 24.4 Å². The summed E-state index contributed by atoms with van der Waals surface area (Å²) in [5, 5.41) is 12.0. The molecular weight excluding hydrogens is 260 g/mol. The van der Waals surface area contributed by atoms with Gasteiger partial charge in [0.15, 0.2) is 0 Å². The standard InChI is InChI=1S/C10H11ClN4OS/c11-9-2-1-8(17-9)6-13-10(16)12-5-7-3-4-14-15-7/h1-4H,5-6H2,(H,14,15)(H2,12,13,16). The molecule has 0 aliphatic heterocycles. The predicted molar refractivity (Wildman–Crippen MR) is 67.0 cm³/mol. The number of hydrogen-bond acceptors (Lipinski definition) is 3. The van der Waals surface area contributed by atoms with Crippen molar-refractivity contribution in [2.24, 2.45) is 0 Å². The van der Waals surface area contributed by atoms with Crippen molar-refractivity contribution in [2.75, 3.05) is 0 Å². The zero-order valence-corrected chi connectivity index (χ0v) is 10.4. The average Bonchev–Trinajstić information content (AvgIpc) is 2.95. The molecule has 0 aliphatic rings. The summed E-state index contributed by atoms with van der Waals surface area (Å²) < 4.78 is 0.722. The van der Waals surface area contributed by atoms with Crippen LogP contribution in [0.1, 0.15) is 10.6 Å². The van der Waals surface area contributed by atoms with Crippen LogP contribution in [-0.4, -0.2) is 16.2 Å². The molecule has 0 aromatic carbocycles. The van der Waals surface area contributed by atoms with Gasteiger partial charge < -0.3 is 10.6 Å². The first-order valence-electron chi connectivity index (χ1n) is 4.98. The van der Waals surface area contributed by atoms with Crippen molar-refractivity contribution in [1.82, 2.24) is 20.8 Å². The number of carbonyl (C=O) groups excluding carboxylic acids is 1. The molecule has 0 spiro atoms. The number of nitrogens with zero attached hydrogens (tertiary/aromatic N) is 1. The zero-order valence-electron chi connectivity index (χ0n) is 8.87. The van der Waals surface area contributed by atoms with Crippen LogP contribution in [0.25, 0.3) is 0 Å². The van der Waals surface area contributed by atoms with Crippen LogP contribution in [0.2, 0.25) is 4.34 Å². The number of urea groups is 1. The highest BCUT2D eigenvalue weighted by atomic mass is 35.5. The molecule has 0 aliphatic carbocycles.